The quantitative estimate of drug-likeness (QED) is 0.486. The van der Waals surface area contributed by atoms with Gasteiger partial charge in [-0.1, -0.05) is 54.6 Å². The van der Waals surface area contributed by atoms with E-state index in [2.05, 4.69) is 12.1 Å². The van der Waals surface area contributed by atoms with Crippen LogP contribution in [0.4, 0.5) is 5.69 Å². The van der Waals surface area contributed by atoms with Gasteiger partial charge >= 0.3 is 0 Å². The lowest BCUT2D eigenvalue weighted by molar-refractivity contribution is 0.104. The van der Waals surface area contributed by atoms with Crippen molar-refractivity contribution in [1.82, 2.24) is 0 Å². The van der Waals surface area contributed by atoms with Crippen LogP contribution < -0.4 is 10.6 Å². The highest BCUT2D eigenvalue weighted by atomic mass is 16.1. The summed E-state index contributed by atoms with van der Waals surface area (Å²) in [6.07, 6.45) is 5.50. The van der Waals surface area contributed by atoms with Crippen molar-refractivity contribution >= 4 is 28.3 Å². The average molecular weight is 281 g/mol. The van der Waals surface area contributed by atoms with Crippen LogP contribution in [-0.4, -0.2) is 5.78 Å². The zero-order chi connectivity index (χ0) is 14.7. The molecule has 1 heterocycles. The van der Waals surface area contributed by atoms with Crippen LogP contribution in [0.2, 0.25) is 0 Å². The Morgan fingerprint density at radius 1 is 0.818 bits per heavy atom. The lowest BCUT2D eigenvalue weighted by atomic mass is 9.89. The van der Waals surface area contributed by atoms with E-state index in [4.69, 9.17) is 4.99 Å². The molecule has 0 radical (unpaired) electrons. The number of rotatable bonds is 0. The fraction of sp³-hybridized carbons (Fsp3) is 0. The molecule has 0 amide bonds. The van der Waals surface area contributed by atoms with E-state index in [0.29, 0.717) is 0 Å². The minimum atomic E-state index is 0.0615. The number of allylic oxidation sites excluding steroid dienone is 2. The van der Waals surface area contributed by atoms with Crippen LogP contribution >= 0.6 is 0 Å². The highest BCUT2D eigenvalue weighted by molar-refractivity contribution is 6.15. The van der Waals surface area contributed by atoms with Gasteiger partial charge in [0.1, 0.15) is 0 Å². The predicted molar refractivity (Wildman–Crippen MR) is 87.8 cm³/mol. The number of hydrogen-bond donors (Lipinski definition) is 0. The topological polar surface area (TPSA) is 29.4 Å². The van der Waals surface area contributed by atoms with Crippen LogP contribution in [0.25, 0.3) is 28.0 Å². The number of ketones is 1. The van der Waals surface area contributed by atoms with E-state index in [9.17, 15) is 4.79 Å². The monoisotopic (exact) mass is 281 g/mol. The van der Waals surface area contributed by atoms with Crippen LogP contribution in [0.5, 0.6) is 0 Å². The van der Waals surface area contributed by atoms with Gasteiger partial charge < -0.3 is 0 Å². The van der Waals surface area contributed by atoms with E-state index in [1.165, 1.54) is 0 Å². The maximum atomic E-state index is 12.6. The van der Waals surface area contributed by atoms with Crippen molar-refractivity contribution in [3.8, 4) is 11.1 Å². The molecule has 0 fully saturated rings. The third-order valence-electron chi connectivity index (χ3n) is 4.39. The first-order valence-electron chi connectivity index (χ1n) is 7.30. The van der Waals surface area contributed by atoms with Gasteiger partial charge in [-0.15, -0.1) is 0 Å². The SMILES string of the molecule is O=C1C=CC=c2c1c1c(c3ccccc23)=Nc2ccccc2-1. The van der Waals surface area contributed by atoms with Gasteiger partial charge in [-0.25, -0.2) is 4.99 Å². The van der Waals surface area contributed by atoms with E-state index >= 15 is 0 Å². The molecule has 0 N–H and O–H groups in total. The van der Waals surface area contributed by atoms with Gasteiger partial charge in [0.15, 0.2) is 5.78 Å². The van der Waals surface area contributed by atoms with Crippen molar-refractivity contribution in [3.05, 3.63) is 76.8 Å². The van der Waals surface area contributed by atoms with Crippen LogP contribution in [-0.2, 0) is 0 Å². The van der Waals surface area contributed by atoms with E-state index in [1.54, 1.807) is 6.08 Å². The number of para-hydroxylation sites is 1. The first-order chi connectivity index (χ1) is 10.8. The van der Waals surface area contributed by atoms with Crippen molar-refractivity contribution in [2.45, 2.75) is 0 Å². The minimum Gasteiger partial charge on any atom is -0.289 e. The van der Waals surface area contributed by atoms with Gasteiger partial charge in [-0.05, 0) is 22.7 Å². The van der Waals surface area contributed by atoms with Crippen molar-refractivity contribution in [2.24, 2.45) is 4.99 Å². The summed E-state index contributed by atoms with van der Waals surface area (Å²) >= 11 is 0. The lowest BCUT2D eigenvalue weighted by Crippen LogP contribution is -2.24. The van der Waals surface area contributed by atoms with E-state index in [0.717, 1.165) is 43.7 Å². The molecule has 0 unspecified atom stereocenters. The second kappa shape index (κ2) is 4.01. The molecule has 0 atom stereocenters. The van der Waals surface area contributed by atoms with E-state index < -0.39 is 0 Å². The Morgan fingerprint density at radius 3 is 2.50 bits per heavy atom. The van der Waals surface area contributed by atoms with Gasteiger partial charge in [0.2, 0.25) is 0 Å². The third-order valence-corrected chi connectivity index (χ3v) is 4.39. The van der Waals surface area contributed by atoms with Gasteiger partial charge in [0.05, 0.1) is 11.0 Å². The molecule has 1 aliphatic carbocycles. The summed E-state index contributed by atoms with van der Waals surface area (Å²) in [5.41, 5.74) is 3.76. The van der Waals surface area contributed by atoms with Gasteiger partial charge in [-0.3, -0.25) is 4.79 Å². The first-order valence-corrected chi connectivity index (χ1v) is 7.30. The molecule has 3 aromatic carbocycles. The molecule has 2 heteroatoms. The molecule has 0 saturated heterocycles. The Hall–Kier alpha value is -3.00. The summed E-state index contributed by atoms with van der Waals surface area (Å²) in [7, 11) is 0. The average Bonchev–Trinajstić information content (AvgIpc) is 2.95. The number of nitrogens with zero attached hydrogens (tertiary/aromatic N) is 1. The summed E-state index contributed by atoms with van der Waals surface area (Å²) in [6.45, 7) is 0. The summed E-state index contributed by atoms with van der Waals surface area (Å²) in [5.74, 6) is 0.0615. The van der Waals surface area contributed by atoms with E-state index in [1.807, 2.05) is 48.6 Å². The smallest absolute Gasteiger partial charge is 0.187 e. The Bertz CT molecular complexity index is 1140. The number of hydrogen-bond acceptors (Lipinski definition) is 2. The molecule has 0 spiro atoms. The van der Waals surface area contributed by atoms with Crippen molar-refractivity contribution in [3.63, 3.8) is 0 Å². The van der Waals surface area contributed by atoms with Crippen molar-refractivity contribution in [1.29, 1.82) is 0 Å². The number of benzene rings is 3. The molecule has 0 bridgehead atoms. The Balaban J connectivity index is 2.13. The first kappa shape index (κ1) is 11.6. The Morgan fingerprint density at radius 2 is 1.59 bits per heavy atom. The lowest BCUT2D eigenvalue weighted by Gasteiger charge is -2.12. The molecular formula is C20H11NO. The number of fused-ring (bicyclic) bond motifs is 8. The summed E-state index contributed by atoms with van der Waals surface area (Å²) in [4.78, 5) is 17.3. The van der Waals surface area contributed by atoms with Crippen LogP contribution in [0.3, 0.4) is 0 Å². The van der Waals surface area contributed by atoms with Gasteiger partial charge in [-0.2, -0.15) is 0 Å². The standard InChI is InChI=1S/C20H11NO/c22-17-11-5-9-13-12-6-1-2-7-14(12)20-19(18(13)17)15-8-3-4-10-16(15)21-20/h1-11H. The molecule has 2 aliphatic rings. The normalized spacial score (nSPS) is 14.1. The van der Waals surface area contributed by atoms with Gasteiger partial charge in [0.25, 0.3) is 0 Å². The molecule has 2 nitrogen and oxygen atoms in total. The molecule has 1 aliphatic heterocycles. The molecule has 5 rings (SSSR count). The highest BCUT2D eigenvalue weighted by Gasteiger charge is 2.24. The Labute approximate surface area is 126 Å². The molecule has 22 heavy (non-hydrogen) atoms. The summed E-state index contributed by atoms with van der Waals surface area (Å²) in [6, 6.07) is 16.2. The molecule has 0 aromatic heterocycles. The number of carbonyl (C=O) groups excluding carboxylic acids is 1. The largest absolute Gasteiger partial charge is 0.289 e. The maximum Gasteiger partial charge on any atom is 0.187 e. The Kier molecular flexibility index (Phi) is 2.12. The van der Waals surface area contributed by atoms with Crippen LogP contribution in [0.1, 0.15) is 10.4 Å². The molecule has 3 aromatic rings. The fourth-order valence-electron chi connectivity index (χ4n) is 3.47. The van der Waals surface area contributed by atoms with Crippen LogP contribution in [0.15, 0.2) is 65.7 Å². The molecule has 102 valence electrons. The second-order valence-electron chi connectivity index (χ2n) is 5.58. The molecule has 0 saturated carbocycles. The highest BCUT2D eigenvalue weighted by Crippen LogP contribution is 2.35. The van der Waals surface area contributed by atoms with Crippen molar-refractivity contribution < 1.29 is 4.79 Å². The van der Waals surface area contributed by atoms with Crippen molar-refractivity contribution in [2.75, 3.05) is 0 Å². The maximum absolute atomic E-state index is 12.6. The summed E-state index contributed by atoms with van der Waals surface area (Å²) in [5, 5.41) is 4.12. The fourth-order valence-corrected chi connectivity index (χ4v) is 3.47. The molecular weight excluding hydrogens is 270 g/mol. The van der Waals surface area contributed by atoms with E-state index in [-0.39, 0.29) is 5.78 Å². The number of carbonyl (C=O) groups is 1. The second-order valence-corrected chi connectivity index (χ2v) is 5.58. The predicted octanol–water partition coefficient (Wildman–Crippen LogP) is 3.30. The van der Waals surface area contributed by atoms with Crippen LogP contribution in [0, 0.1) is 0 Å². The zero-order valence-electron chi connectivity index (χ0n) is 11.7. The van der Waals surface area contributed by atoms with Gasteiger partial charge in [0, 0.05) is 22.1 Å². The minimum absolute atomic E-state index is 0.0615. The third kappa shape index (κ3) is 1.34. The zero-order valence-corrected chi connectivity index (χ0v) is 11.7. The summed E-state index contributed by atoms with van der Waals surface area (Å²) < 4.78 is 0.